The number of ketones is 1. The minimum absolute atomic E-state index is 0.0211. The van der Waals surface area contributed by atoms with Crippen LogP contribution in [0.3, 0.4) is 0 Å². The van der Waals surface area contributed by atoms with Crippen LogP contribution < -0.4 is 0 Å². The van der Waals surface area contributed by atoms with E-state index in [2.05, 4.69) is 11.4 Å². The van der Waals surface area contributed by atoms with E-state index in [1.165, 1.54) is 10.4 Å². The zero-order chi connectivity index (χ0) is 13.4. The Morgan fingerprint density at radius 3 is 2.84 bits per heavy atom. The minimum atomic E-state index is -0.0211. The number of benzene rings is 1. The molecule has 0 aliphatic heterocycles. The maximum absolute atomic E-state index is 12.6. The van der Waals surface area contributed by atoms with E-state index in [4.69, 9.17) is 23.2 Å². The van der Waals surface area contributed by atoms with Crippen molar-refractivity contribution in [1.82, 2.24) is 0 Å². The third-order valence-corrected chi connectivity index (χ3v) is 5.31. The Labute approximate surface area is 126 Å². The summed E-state index contributed by atoms with van der Waals surface area (Å²) in [4.78, 5) is 14.0. The van der Waals surface area contributed by atoms with E-state index in [-0.39, 0.29) is 11.7 Å². The minimum Gasteiger partial charge on any atom is -0.293 e. The first-order valence-corrected chi connectivity index (χ1v) is 7.86. The zero-order valence-corrected chi connectivity index (χ0v) is 12.5. The van der Waals surface area contributed by atoms with Crippen molar-refractivity contribution in [3.63, 3.8) is 0 Å². The lowest BCUT2D eigenvalue weighted by Gasteiger charge is -2.21. The lowest BCUT2D eigenvalue weighted by molar-refractivity contribution is 0.0951. The van der Waals surface area contributed by atoms with Crippen molar-refractivity contribution in [3.8, 4) is 0 Å². The van der Waals surface area contributed by atoms with Crippen LogP contribution in [0, 0.1) is 0 Å². The Bertz CT molecular complexity index is 633. The summed E-state index contributed by atoms with van der Waals surface area (Å²) >= 11 is 13.6. The second-order valence-electron chi connectivity index (χ2n) is 4.74. The summed E-state index contributed by atoms with van der Waals surface area (Å²) in [6.45, 7) is 0. The van der Waals surface area contributed by atoms with Gasteiger partial charge in [-0.15, -0.1) is 11.3 Å². The molecule has 0 saturated heterocycles. The first-order chi connectivity index (χ1) is 9.16. The van der Waals surface area contributed by atoms with Gasteiger partial charge in [0, 0.05) is 16.4 Å². The number of Topliss-reactive ketones (excluding diaryl/α,β-unsaturated/α-hetero) is 1. The van der Waals surface area contributed by atoms with Crippen molar-refractivity contribution in [2.75, 3.05) is 0 Å². The van der Waals surface area contributed by atoms with E-state index >= 15 is 0 Å². The van der Waals surface area contributed by atoms with Crippen LogP contribution in [-0.4, -0.2) is 5.78 Å². The highest BCUT2D eigenvalue weighted by Crippen LogP contribution is 2.37. The van der Waals surface area contributed by atoms with E-state index < -0.39 is 0 Å². The molecule has 3 rings (SSSR count). The van der Waals surface area contributed by atoms with Crippen LogP contribution in [0.2, 0.25) is 10.0 Å². The number of fused-ring (bicyclic) bond motifs is 1. The second-order valence-corrected chi connectivity index (χ2v) is 6.55. The molecule has 1 aliphatic rings. The molecule has 1 aromatic carbocycles. The fourth-order valence-electron chi connectivity index (χ4n) is 2.61. The van der Waals surface area contributed by atoms with E-state index in [0.717, 1.165) is 19.3 Å². The molecule has 1 aromatic heterocycles. The smallest absolute Gasteiger partial charge is 0.170 e. The Kier molecular flexibility index (Phi) is 3.66. The molecule has 0 saturated carbocycles. The number of thiophene rings is 1. The highest BCUT2D eigenvalue weighted by atomic mass is 35.5. The van der Waals surface area contributed by atoms with Gasteiger partial charge in [-0.2, -0.15) is 0 Å². The monoisotopic (exact) mass is 310 g/mol. The number of aryl methyl sites for hydroxylation is 1. The quantitative estimate of drug-likeness (QED) is 0.683. The summed E-state index contributed by atoms with van der Waals surface area (Å²) in [6, 6.07) is 7.21. The molecule has 4 heteroatoms. The lowest BCUT2D eigenvalue weighted by atomic mass is 9.82. The predicted molar refractivity (Wildman–Crippen MR) is 80.8 cm³/mol. The Morgan fingerprint density at radius 2 is 2.05 bits per heavy atom. The van der Waals surface area contributed by atoms with Gasteiger partial charge in [0.1, 0.15) is 0 Å². The van der Waals surface area contributed by atoms with Gasteiger partial charge in [-0.1, -0.05) is 23.2 Å². The Morgan fingerprint density at radius 1 is 1.21 bits per heavy atom. The number of halogens is 2. The molecule has 2 aromatic rings. The van der Waals surface area contributed by atoms with Gasteiger partial charge in [0.2, 0.25) is 0 Å². The zero-order valence-electron chi connectivity index (χ0n) is 10.2. The maximum Gasteiger partial charge on any atom is 0.170 e. The van der Waals surface area contributed by atoms with Crippen LogP contribution in [0.4, 0.5) is 0 Å². The highest BCUT2D eigenvalue weighted by molar-refractivity contribution is 7.10. The molecule has 0 fully saturated rings. The summed E-state index contributed by atoms with van der Waals surface area (Å²) in [5, 5.41) is 3.00. The molecular formula is C15H12Cl2OS. The SMILES string of the molecule is O=C(c1ccc(Cl)c(Cl)c1)C1CCCc2sccc21. The number of carbonyl (C=O) groups is 1. The van der Waals surface area contributed by atoms with E-state index in [9.17, 15) is 4.79 Å². The number of carbonyl (C=O) groups excluding carboxylic acids is 1. The molecule has 0 N–H and O–H groups in total. The number of hydrogen-bond acceptors (Lipinski definition) is 2. The van der Waals surface area contributed by atoms with Crippen molar-refractivity contribution in [3.05, 3.63) is 55.7 Å². The Hall–Kier alpha value is -0.830. The fourth-order valence-corrected chi connectivity index (χ4v) is 3.89. The summed E-state index contributed by atoms with van der Waals surface area (Å²) in [5.41, 5.74) is 1.85. The molecule has 0 bridgehead atoms. The third kappa shape index (κ3) is 2.45. The van der Waals surface area contributed by atoms with Crippen LogP contribution >= 0.6 is 34.5 Å². The summed E-state index contributed by atoms with van der Waals surface area (Å²) < 4.78 is 0. The predicted octanol–water partition coefficient (Wildman–Crippen LogP) is 5.36. The topological polar surface area (TPSA) is 17.1 Å². The first-order valence-electron chi connectivity index (χ1n) is 6.22. The molecule has 1 aliphatic carbocycles. The van der Waals surface area contributed by atoms with Gasteiger partial charge in [-0.25, -0.2) is 0 Å². The molecule has 0 radical (unpaired) electrons. The van der Waals surface area contributed by atoms with Crippen LogP contribution in [0.5, 0.6) is 0 Å². The lowest BCUT2D eigenvalue weighted by Crippen LogP contribution is -2.17. The van der Waals surface area contributed by atoms with Gasteiger partial charge < -0.3 is 0 Å². The summed E-state index contributed by atoms with van der Waals surface area (Å²) in [5.74, 6) is 0.130. The third-order valence-electron chi connectivity index (χ3n) is 3.57. The molecule has 1 unspecified atom stereocenters. The van der Waals surface area contributed by atoms with Crippen molar-refractivity contribution in [2.45, 2.75) is 25.2 Å². The largest absolute Gasteiger partial charge is 0.293 e. The maximum atomic E-state index is 12.6. The molecule has 1 nitrogen and oxygen atoms in total. The fraction of sp³-hybridized carbons (Fsp3) is 0.267. The van der Waals surface area contributed by atoms with Gasteiger partial charge >= 0.3 is 0 Å². The first kappa shape index (κ1) is 13.2. The van der Waals surface area contributed by atoms with Crippen LogP contribution in [0.1, 0.15) is 39.6 Å². The van der Waals surface area contributed by atoms with Gasteiger partial charge in [0.25, 0.3) is 0 Å². The molecule has 98 valence electrons. The van der Waals surface area contributed by atoms with E-state index in [1.54, 1.807) is 29.5 Å². The van der Waals surface area contributed by atoms with Crippen molar-refractivity contribution in [1.29, 1.82) is 0 Å². The Balaban J connectivity index is 1.95. The normalized spacial score (nSPS) is 18.1. The van der Waals surface area contributed by atoms with Gasteiger partial charge in [-0.05, 0) is 54.5 Å². The van der Waals surface area contributed by atoms with Crippen molar-refractivity contribution in [2.24, 2.45) is 0 Å². The molecule has 0 spiro atoms. The number of hydrogen-bond donors (Lipinski definition) is 0. The molecule has 0 amide bonds. The van der Waals surface area contributed by atoms with Gasteiger partial charge in [0.05, 0.1) is 10.0 Å². The van der Waals surface area contributed by atoms with Crippen LogP contribution in [0.25, 0.3) is 0 Å². The summed E-state index contributed by atoms with van der Waals surface area (Å²) in [7, 11) is 0. The van der Waals surface area contributed by atoms with E-state index in [0.29, 0.717) is 15.6 Å². The van der Waals surface area contributed by atoms with Gasteiger partial charge in [0.15, 0.2) is 5.78 Å². The van der Waals surface area contributed by atoms with E-state index in [1.807, 2.05) is 0 Å². The highest BCUT2D eigenvalue weighted by Gasteiger charge is 2.28. The number of rotatable bonds is 2. The van der Waals surface area contributed by atoms with Crippen molar-refractivity contribution < 1.29 is 4.79 Å². The van der Waals surface area contributed by atoms with Crippen molar-refractivity contribution >= 4 is 40.3 Å². The van der Waals surface area contributed by atoms with Gasteiger partial charge in [-0.3, -0.25) is 4.79 Å². The summed E-state index contributed by atoms with van der Waals surface area (Å²) in [6.07, 6.45) is 3.09. The molecule has 1 heterocycles. The average Bonchev–Trinajstić information content (AvgIpc) is 2.89. The van der Waals surface area contributed by atoms with Crippen LogP contribution in [-0.2, 0) is 6.42 Å². The molecule has 1 atom stereocenters. The average molecular weight is 311 g/mol. The molecule has 19 heavy (non-hydrogen) atoms. The second kappa shape index (κ2) is 5.28. The standard InChI is InChI=1S/C15H12Cl2OS/c16-12-5-4-9(8-13(12)17)15(18)11-2-1-3-14-10(11)6-7-19-14/h4-8,11H,1-3H2. The van der Waals surface area contributed by atoms with Crippen LogP contribution in [0.15, 0.2) is 29.6 Å². The molecular weight excluding hydrogens is 299 g/mol.